The van der Waals surface area contributed by atoms with Crippen LogP contribution in [0.1, 0.15) is 22.3 Å². The summed E-state index contributed by atoms with van der Waals surface area (Å²) in [5, 5.41) is 9.27. The molecule has 0 aliphatic heterocycles. The number of hydrogen-bond acceptors (Lipinski definition) is 5. The molecule has 3 rings (SSSR count). The van der Waals surface area contributed by atoms with E-state index in [-0.39, 0.29) is 0 Å². The fraction of sp³-hybridized carbons (Fsp3) is 0.250. The monoisotopic (exact) mass is 332 g/mol. The van der Waals surface area contributed by atoms with Gasteiger partial charge in [-0.1, -0.05) is 18.3 Å². The largest absolute Gasteiger partial charge is 0.493 e. The first kappa shape index (κ1) is 15.4. The van der Waals surface area contributed by atoms with Crippen LogP contribution < -0.4 is 9.47 Å². The van der Waals surface area contributed by atoms with Crippen molar-refractivity contribution in [2.45, 2.75) is 13.3 Å². The summed E-state index contributed by atoms with van der Waals surface area (Å²) in [5.41, 5.74) is 2.41. The molecule has 1 N–H and O–H groups in total. The molecule has 1 aromatic carbocycles. The van der Waals surface area contributed by atoms with Crippen molar-refractivity contribution in [1.82, 2.24) is 9.38 Å². The number of carbonyl (C=O) groups is 1. The number of hydrogen-bond donors (Lipinski definition) is 1. The molecule has 0 unspecified atom stereocenters. The van der Waals surface area contributed by atoms with Gasteiger partial charge in [-0.15, -0.1) is 0 Å². The standard InChI is InChI=1S/C16H16N2O4S/c1-4-11-14(15(19)20)23-16-17-10(8-18(11)16)9-5-6-12(21-2)13(7-9)22-3/h5-8H,4H2,1-3H3,(H,19,20). The topological polar surface area (TPSA) is 73.1 Å². The Morgan fingerprint density at radius 1 is 1.30 bits per heavy atom. The van der Waals surface area contributed by atoms with Crippen LogP contribution in [0.15, 0.2) is 24.4 Å². The lowest BCUT2D eigenvalue weighted by Crippen LogP contribution is -1.99. The molecule has 0 fully saturated rings. The summed E-state index contributed by atoms with van der Waals surface area (Å²) in [5.74, 6) is 0.369. The smallest absolute Gasteiger partial charge is 0.347 e. The highest BCUT2D eigenvalue weighted by molar-refractivity contribution is 7.19. The number of aromatic nitrogens is 2. The second kappa shape index (κ2) is 5.92. The zero-order chi connectivity index (χ0) is 16.6. The molecule has 3 aromatic rings. The molecule has 0 saturated carbocycles. The van der Waals surface area contributed by atoms with Crippen LogP contribution in [0.2, 0.25) is 0 Å². The van der Waals surface area contributed by atoms with Crippen molar-refractivity contribution in [3.05, 3.63) is 35.0 Å². The molecule has 0 radical (unpaired) electrons. The predicted molar refractivity (Wildman–Crippen MR) is 87.9 cm³/mol. The van der Waals surface area contributed by atoms with E-state index in [0.717, 1.165) is 17.0 Å². The summed E-state index contributed by atoms with van der Waals surface area (Å²) < 4.78 is 12.4. The van der Waals surface area contributed by atoms with Crippen LogP contribution in [0, 0.1) is 0 Å². The first-order valence-corrected chi connectivity index (χ1v) is 7.87. The number of imidazole rings is 1. The lowest BCUT2D eigenvalue weighted by Gasteiger charge is -2.08. The van der Waals surface area contributed by atoms with Crippen molar-refractivity contribution >= 4 is 22.3 Å². The third kappa shape index (κ3) is 2.53. The summed E-state index contributed by atoms with van der Waals surface area (Å²) in [6, 6.07) is 5.58. The van der Waals surface area contributed by atoms with Gasteiger partial charge in [0.1, 0.15) is 4.88 Å². The molecule has 0 atom stereocenters. The molecule has 0 saturated heterocycles. The highest BCUT2D eigenvalue weighted by Gasteiger charge is 2.19. The predicted octanol–water partition coefficient (Wildman–Crippen LogP) is 3.34. The summed E-state index contributed by atoms with van der Waals surface area (Å²) in [4.78, 5) is 16.9. The highest BCUT2D eigenvalue weighted by atomic mass is 32.1. The number of carboxylic acid groups (broad SMARTS) is 1. The first-order chi connectivity index (χ1) is 11.1. The second-order valence-electron chi connectivity index (χ2n) is 4.89. The van der Waals surface area contributed by atoms with E-state index in [4.69, 9.17) is 9.47 Å². The number of rotatable bonds is 5. The maximum atomic E-state index is 11.3. The van der Waals surface area contributed by atoms with Crippen LogP contribution in [-0.2, 0) is 6.42 Å². The molecule has 7 heteroatoms. The molecule has 2 heterocycles. The summed E-state index contributed by atoms with van der Waals surface area (Å²) in [7, 11) is 3.17. The number of aryl methyl sites for hydroxylation is 1. The molecule has 2 aromatic heterocycles. The summed E-state index contributed by atoms with van der Waals surface area (Å²) >= 11 is 1.19. The number of aromatic carboxylic acids is 1. The van der Waals surface area contributed by atoms with Gasteiger partial charge >= 0.3 is 5.97 Å². The van der Waals surface area contributed by atoms with E-state index in [0.29, 0.717) is 27.8 Å². The average molecular weight is 332 g/mol. The second-order valence-corrected chi connectivity index (χ2v) is 5.86. The third-order valence-electron chi connectivity index (χ3n) is 3.63. The van der Waals surface area contributed by atoms with Gasteiger partial charge in [0.05, 0.1) is 19.9 Å². The Hall–Kier alpha value is -2.54. The van der Waals surface area contributed by atoms with E-state index in [9.17, 15) is 9.90 Å². The average Bonchev–Trinajstić information content (AvgIpc) is 3.11. The van der Waals surface area contributed by atoms with Crippen LogP contribution >= 0.6 is 11.3 Å². The van der Waals surface area contributed by atoms with Crippen molar-refractivity contribution in [3.8, 4) is 22.8 Å². The molecule has 23 heavy (non-hydrogen) atoms. The summed E-state index contributed by atoms with van der Waals surface area (Å²) in [6.45, 7) is 1.93. The Morgan fingerprint density at radius 3 is 2.65 bits per heavy atom. The Kier molecular flexibility index (Phi) is 3.96. The molecular weight excluding hydrogens is 316 g/mol. The zero-order valence-electron chi connectivity index (χ0n) is 13.0. The number of benzene rings is 1. The van der Waals surface area contributed by atoms with Crippen LogP contribution in [0.25, 0.3) is 16.2 Å². The fourth-order valence-electron chi connectivity index (χ4n) is 2.52. The minimum absolute atomic E-state index is 0.342. The fourth-order valence-corrected chi connectivity index (χ4v) is 3.56. The van der Waals surface area contributed by atoms with Gasteiger partial charge in [-0.05, 0) is 24.6 Å². The van der Waals surface area contributed by atoms with Gasteiger partial charge in [-0.3, -0.25) is 4.40 Å². The Balaban J connectivity index is 2.11. The highest BCUT2D eigenvalue weighted by Crippen LogP contribution is 2.33. The number of carboxylic acids is 1. The SMILES string of the molecule is CCc1c(C(=O)O)sc2nc(-c3ccc(OC)c(OC)c3)cn12. The van der Waals surface area contributed by atoms with Gasteiger partial charge in [-0.2, -0.15) is 0 Å². The molecule has 0 aliphatic carbocycles. The maximum absolute atomic E-state index is 11.3. The van der Waals surface area contributed by atoms with Gasteiger partial charge in [0.25, 0.3) is 0 Å². The number of thiazole rings is 1. The minimum atomic E-state index is -0.912. The molecule has 0 spiro atoms. The van der Waals surface area contributed by atoms with E-state index in [1.807, 2.05) is 35.7 Å². The van der Waals surface area contributed by atoms with Gasteiger partial charge < -0.3 is 14.6 Å². The number of fused-ring (bicyclic) bond motifs is 1. The Bertz CT molecular complexity index is 882. The van der Waals surface area contributed by atoms with Crippen molar-refractivity contribution in [1.29, 1.82) is 0 Å². The normalized spacial score (nSPS) is 10.9. The van der Waals surface area contributed by atoms with Gasteiger partial charge in [0, 0.05) is 17.5 Å². The maximum Gasteiger partial charge on any atom is 0.347 e. The van der Waals surface area contributed by atoms with Crippen molar-refractivity contribution in [2.75, 3.05) is 14.2 Å². The molecule has 6 nitrogen and oxygen atoms in total. The van der Waals surface area contributed by atoms with Crippen LogP contribution in [0.3, 0.4) is 0 Å². The third-order valence-corrected chi connectivity index (χ3v) is 4.71. The van der Waals surface area contributed by atoms with Crippen molar-refractivity contribution < 1.29 is 19.4 Å². The molecule has 120 valence electrons. The quantitative estimate of drug-likeness (QED) is 0.776. The van der Waals surface area contributed by atoms with Crippen LogP contribution in [0.5, 0.6) is 11.5 Å². The number of ether oxygens (including phenoxy) is 2. The van der Waals surface area contributed by atoms with E-state index < -0.39 is 5.97 Å². The van der Waals surface area contributed by atoms with Gasteiger partial charge in [-0.25, -0.2) is 9.78 Å². The Morgan fingerprint density at radius 2 is 2.04 bits per heavy atom. The Labute approximate surface area is 136 Å². The van der Waals surface area contributed by atoms with Crippen LogP contribution in [-0.4, -0.2) is 34.7 Å². The summed E-state index contributed by atoms with van der Waals surface area (Å²) in [6.07, 6.45) is 2.49. The lowest BCUT2D eigenvalue weighted by molar-refractivity contribution is 0.0700. The van der Waals surface area contributed by atoms with E-state index in [2.05, 4.69) is 4.98 Å². The van der Waals surface area contributed by atoms with Crippen molar-refractivity contribution in [2.24, 2.45) is 0 Å². The number of methoxy groups -OCH3 is 2. The van der Waals surface area contributed by atoms with Crippen LogP contribution in [0.4, 0.5) is 0 Å². The van der Waals surface area contributed by atoms with E-state index in [1.165, 1.54) is 11.3 Å². The first-order valence-electron chi connectivity index (χ1n) is 7.05. The minimum Gasteiger partial charge on any atom is -0.493 e. The molecule has 0 amide bonds. The van der Waals surface area contributed by atoms with Crippen molar-refractivity contribution in [3.63, 3.8) is 0 Å². The molecular formula is C16H16N2O4S. The molecule has 0 aliphatic rings. The molecule has 0 bridgehead atoms. The van der Waals surface area contributed by atoms with Gasteiger partial charge in [0.2, 0.25) is 0 Å². The van der Waals surface area contributed by atoms with Gasteiger partial charge in [0.15, 0.2) is 16.5 Å². The lowest BCUT2D eigenvalue weighted by atomic mass is 10.1. The van der Waals surface area contributed by atoms with E-state index >= 15 is 0 Å². The number of nitrogens with zero attached hydrogens (tertiary/aromatic N) is 2. The van der Waals surface area contributed by atoms with E-state index in [1.54, 1.807) is 14.2 Å². The zero-order valence-corrected chi connectivity index (χ0v) is 13.8.